The molecular formula is C27H30O15. The number of ether oxygens (including phenoxy) is 2. The first-order valence-corrected chi connectivity index (χ1v) is 12.9. The molecule has 2 saturated heterocycles. The second-order valence-corrected chi connectivity index (χ2v) is 10.3. The zero-order valence-electron chi connectivity index (χ0n) is 21.6. The number of benzene rings is 2. The number of phenolic OH excluding ortho intramolecular Hbond substituents is 3. The minimum atomic E-state index is -2.04. The van der Waals surface area contributed by atoms with Crippen LogP contribution in [0.3, 0.4) is 0 Å². The van der Waals surface area contributed by atoms with Gasteiger partial charge in [0.25, 0.3) is 0 Å². The molecule has 10 atom stereocenters. The molecule has 2 aromatic carbocycles. The molecule has 2 aliphatic rings. The van der Waals surface area contributed by atoms with E-state index in [1.54, 1.807) is 0 Å². The third-order valence-electron chi connectivity index (χ3n) is 7.77. The lowest BCUT2D eigenvalue weighted by Crippen LogP contribution is -2.55. The second-order valence-electron chi connectivity index (χ2n) is 10.3. The Labute approximate surface area is 235 Å². The molecule has 15 heteroatoms. The summed E-state index contributed by atoms with van der Waals surface area (Å²) in [5.74, 6) is -2.09. The number of aliphatic hydroxyl groups excluding tert-OH is 8. The van der Waals surface area contributed by atoms with Crippen LogP contribution in [-0.2, 0) is 9.47 Å². The van der Waals surface area contributed by atoms with Crippen molar-refractivity contribution in [3.63, 3.8) is 0 Å². The number of hydrogen-bond acceptors (Lipinski definition) is 15. The molecule has 42 heavy (non-hydrogen) atoms. The molecule has 0 unspecified atom stereocenters. The number of aromatic hydroxyl groups is 3. The van der Waals surface area contributed by atoms with Gasteiger partial charge in [0.15, 0.2) is 5.58 Å². The zero-order chi connectivity index (χ0) is 30.6. The van der Waals surface area contributed by atoms with Crippen LogP contribution in [0.1, 0.15) is 23.3 Å². The molecule has 3 heterocycles. The Morgan fingerprint density at radius 3 is 1.64 bits per heavy atom. The van der Waals surface area contributed by atoms with Gasteiger partial charge >= 0.3 is 0 Å². The minimum absolute atomic E-state index is 0.105. The average Bonchev–Trinajstić information content (AvgIpc) is 2.97. The average molecular weight is 595 g/mol. The standard InChI is InChI=1S/C27H30O15/c28-5-11-17(32)21(36)23(38)26(41-11)14-19(34)13-16(31)10(8-1-3-9(30)4-2-8)7-40-25(13)15(20(14)35)27-24(39)22(37)18(33)12(6-29)42-27/h1-4,7,11-12,17-18,21-24,26-30,32-39H,5-6H2/t11-,12-,17+,18+,21+,22+,23+,24-,26+,27-/m0/s1. The van der Waals surface area contributed by atoms with Gasteiger partial charge in [-0.2, -0.15) is 0 Å². The van der Waals surface area contributed by atoms with Crippen molar-refractivity contribution in [2.45, 2.75) is 61.0 Å². The van der Waals surface area contributed by atoms with Crippen molar-refractivity contribution in [3.8, 4) is 28.4 Å². The largest absolute Gasteiger partial charge is 0.508 e. The smallest absolute Gasteiger partial charge is 0.204 e. The summed E-state index contributed by atoms with van der Waals surface area (Å²) >= 11 is 0. The lowest BCUT2D eigenvalue weighted by Gasteiger charge is -2.42. The van der Waals surface area contributed by atoms with Gasteiger partial charge in [-0.1, -0.05) is 12.1 Å². The van der Waals surface area contributed by atoms with Crippen molar-refractivity contribution in [1.82, 2.24) is 0 Å². The monoisotopic (exact) mass is 594 g/mol. The summed E-state index contributed by atoms with van der Waals surface area (Å²) in [6.07, 6.45) is -17.2. The van der Waals surface area contributed by atoms with Gasteiger partial charge < -0.3 is 70.1 Å². The van der Waals surface area contributed by atoms with E-state index in [1.165, 1.54) is 24.3 Å². The Hall–Kier alpha value is -3.35. The minimum Gasteiger partial charge on any atom is -0.508 e. The lowest BCUT2D eigenvalue weighted by molar-refractivity contribution is -0.234. The number of aliphatic hydroxyl groups is 8. The van der Waals surface area contributed by atoms with Gasteiger partial charge in [-0.05, 0) is 17.7 Å². The molecule has 11 N–H and O–H groups in total. The molecule has 15 nitrogen and oxygen atoms in total. The number of hydrogen-bond donors (Lipinski definition) is 11. The maximum absolute atomic E-state index is 13.8. The van der Waals surface area contributed by atoms with E-state index in [1.807, 2.05) is 0 Å². The van der Waals surface area contributed by atoms with Gasteiger partial charge in [0, 0.05) is 0 Å². The molecule has 2 aliphatic heterocycles. The molecule has 228 valence electrons. The quantitative estimate of drug-likeness (QED) is 0.147. The van der Waals surface area contributed by atoms with Crippen LogP contribution in [0.25, 0.3) is 22.1 Å². The second kappa shape index (κ2) is 11.4. The van der Waals surface area contributed by atoms with E-state index < -0.39 is 113 Å². The molecular weight excluding hydrogens is 564 g/mol. The Kier molecular flexibility index (Phi) is 8.16. The molecule has 0 amide bonds. The van der Waals surface area contributed by atoms with Gasteiger partial charge in [0.1, 0.15) is 89.9 Å². The van der Waals surface area contributed by atoms with Crippen LogP contribution < -0.4 is 5.43 Å². The maximum Gasteiger partial charge on any atom is 0.204 e. The third kappa shape index (κ3) is 4.69. The summed E-state index contributed by atoms with van der Waals surface area (Å²) in [5.41, 5.74) is -2.63. The summed E-state index contributed by atoms with van der Waals surface area (Å²) in [7, 11) is 0. The Morgan fingerprint density at radius 1 is 0.643 bits per heavy atom. The third-order valence-corrected chi connectivity index (χ3v) is 7.77. The normalized spacial score (nSPS) is 33.6. The van der Waals surface area contributed by atoms with Crippen LogP contribution in [0.15, 0.2) is 39.7 Å². The Bertz CT molecular complexity index is 1500. The fraction of sp³-hybridized carbons (Fsp3) is 0.444. The van der Waals surface area contributed by atoms with E-state index >= 15 is 0 Å². The van der Waals surface area contributed by atoms with Crippen molar-refractivity contribution < 1.29 is 70.1 Å². The maximum atomic E-state index is 13.8. The van der Waals surface area contributed by atoms with E-state index in [0.717, 1.165) is 6.26 Å². The van der Waals surface area contributed by atoms with Crippen molar-refractivity contribution in [2.24, 2.45) is 0 Å². The molecule has 0 spiro atoms. The van der Waals surface area contributed by atoms with Crippen molar-refractivity contribution in [3.05, 3.63) is 51.9 Å². The first-order valence-electron chi connectivity index (χ1n) is 12.9. The topological polar surface area (TPSA) is 271 Å². The number of fused-ring (bicyclic) bond motifs is 1. The van der Waals surface area contributed by atoms with E-state index in [-0.39, 0.29) is 16.9 Å². The predicted molar refractivity (Wildman–Crippen MR) is 138 cm³/mol. The Balaban J connectivity index is 1.82. The summed E-state index contributed by atoms with van der Waals surface area (Å²) in [5, 5.41) is 114. The molecule has 2 fully saturated rings. The fourth-order valence-electron chi connectivity index (χ4n) is 5.43. The van der Waals surface area contributed by atoms with Crippen LogP contribution in [-0.4, -0.2) is 118 Å². The lowest BCUT2D eigenvalue weighted by atomic mass is 9.85. The summed E-state index contributed by atoms with van der Waals surface area (Å²) in [6.45, 7) is -1.70. The van der Waals surface area contributed by atoms with E-state index in [9.17, 15) is 61.0 Å². The molecule has 0 saturated carbocycles. The van der Waals surface area contributed by atoms with Crippen LogP contribution in [0, 0.1) is 0 Å². The molecule has 0 bridgehead atoms. The van der Waals surface area contributed by atoms with Gasteiger partial charge in [-0.3, -0.25) is 4.79 Å². The molecule has 1 aromatic heterocycles. The molecule has 0 aliphatic carbocycles. The SMILES string of the molecule is O=c1c(-c2ccc(O)cc2)coc2c([C@@H]3O[C@@H](CO)[C@@H](O)[C@@H](O)[C@@H]3O)c(O)c([C@H]3O[C@@H](CO)[C@@H](O)[C@@H](O)[C@H]3O)c(O)c12. The van der Waals surface area contributed by atoms with Crippen LogP contribution in [0.2, 0.25) is 0 Å². The van der Waals surface area contributed by atoms with Gasteiger partial charge in [-0.15, -0.1) is 0 Å². The van der Waals surface area contributed by atoms with Gasteiger partial charge in [0.2, 0.25) is 5.43 Å². The van der Waals surface area contributed by atoms with Gasteiger partial charge in [0.05, 0.1) is 29.9 Å². The first-order chi connectivity index (χ1) is 19.9. The fourth-order valence-corrected chi connectivity index (χ4v) is 5.43. The van der Waals surface area contributed by atoms with Crippen LogP contribution in [0.5, 0.6) is 17.2 Å². The summed E-state index contributed by atoms with van der Waals surface area (Å²) < 4.78 is 16.8. The predicted octanol–water partition coefficient (Wildman–Crippen LogP) is -2.39. The first kappa shape index (κ1) is 30.1. The highest BCUT2D eigenvalue weighted by Gasteiger charge is 2.50. The summed E-state index contributed by atoms with van der Waals surface area (Å²) in [6, 6.07) is 5.33. The van der Waals surface area contributed by atoms with E-state index in [4.69, 9.17) is 13.9 Å². The van der Waals surface area contributed by atoms with Crippen molar-refractivity contribution >= 4 is 11.0 Å². The zero-order valence-corrected chi connectivity index (χ0v) is 21.6. The van der Waals surface area contributed by atoms with E-state index in [0.29, 0.717) is 0 Å². The highest BCUT2D eigenvalue weighted by molar-refractivity contribution is 5.93. The summed E-state index contributed by atoms with van der Waals surface area (Å²) in [4.78, 5) is 13.8. The highest BCUT2D eigenvalue weighted by Crippen LogP contribution is 2.50. The van der Waals surface area contributed by atoms with Gasteiger partial charge in [-0.25, -0.2) is 0 Å². The Morgan fingerprint density at radius 2 is 1.14 bits per heavy atom. The van der Waals surface area contributed by atoms with Crippen LogP contribution >= 0.6 is 0 Å². The molecule has 5 rings (SSSR count). The van der Waals surface area contributed by atoms with Crippen LogP contribution in [0.4, 0.5) is 0 Å². The van der Waals surface area contributed by atoms with E-state index in [2.05, 4.69) is 0 Å². The molecule has 3 aromatic rings. The number of phenols is 3. The highest BCUT2D eigenvalue weighted by atomic mass is 16.6. The number of rotatable bonds is 5. The van der Waals surface area contributed by atoms with Crippen molar-refractivity contribution in [1.29, 1.82) is 0 Å². The van der Waals surface area contributed by atoms with Crippen molar-refractivity contribution in [2.75, 3.05) is 13.2 Å². The molecule has 0 radical (unpaired) electrons.